The largest absolute Gasteiger partial charge is 0.339 e. The number of alkyl halides is 3. The van der Waals surface area contributed by atoms with Gasteiger partial charge in [0.2, 0.25) is 9.70 Å². The van der Waals surface area contributed by atoms with Crippen molar-refractivity contribution in [1.82, 2.24) is 10.6 Å². The number of rotatable bonds is 5. The molecular formula is C20H20Cl3N3OS. The molecule has 0 aliphatic carbocycles. The van der Waals surface area contributed by atoms with E-state index in [2.05, 4.69) is 16.0 Å². The maximum absolute atomic E-state index is 12.2. The van der Waals surface area contributed by atoms with Crippen molar-refractivity contribution in [3.05, 3.63) is 71.3 Å². The van der Waals surface area contributed by atoms with Gasteiger partial charge < -0.3 is 16.0 Å². The van der Waals surface area contributed by atoms with E-state index in [0.717, 1.165) is 22.4 Å². The maximum atomic E-state index is 12.2. The summed E-state index contributed by atoms with van der Waals surface area (Å²) in [5, 5.41) is 8.71. The van der Waals surface area contributed by atoms with Crippen molar-refractivity contribution < 1.29 is 4.79 Å². The van der Waals surface area contributed by atoms with Crippen molar-refractivity contribution in [3.8, 4) is 0 Å². The molecule has 4 nitrogen and oxygen atoms in total. The van der Waals surface area contributed by atoms with Gasteiger partial charge in [-0.15, -0.1) is 0 Å². The Balaban J connectivity index is 2.02. The Morgan fingerprint density at radius 1 is 1.07 bits per heavy atom. The highest BCUT2D eigenvalue weighted by atomic mass is 35.6. The number of nitrogens with one attached hydrogen (secondary N) is 3. The minimum Gasteiger partial charge on any atom is -0.339 e. The van der Waals surface area contributed by atoms with Crippen molar-refractivity contribution in [2.24, 2.45) is 0 Å². The standard InChI is InChI=1S/C20H20Cl3N3OS/c1-13-8-10-16(14(2)12-13)24-19(28)26-18(20(21,22)23)25-17(27)11-9-15-6-4-3-5-7-15/h3-12,18H,1-2H3,(H,25,27)(H2,24,26,28). The Bertz CT molecular complexity index is 867. The molecule has 2 aromatic rings. The van der Waals surface area contributed by atoms with Crippen LogP contribution in [0, 0.1) is 13.8 Å². The van der Waals surface area contributed by atoms with Gasteiger partial charge >= 0.3 is 0 Å². The number of thiocarbonyl (C=S) groups is 1. The van der Waals surface area contributed by atoms with Crippen LogP contribution in [-0.4, -0.2) is 21.0 Å². The van der Waals surface area contributed by atoms with Gasteiger partial charge in [-0.1, -0.05) is 82.8 Å². The number of benzene rings is 2. The molecule has 2 rings (SSSR count). The average Bonchev–Trinajstić information content (AvgIpc) is 2.62. The molecule has 0 saturated carbocycles. The van der Waals surface area contributed by atoms with Crippen molar-refractivity contribution in [2.45, 2.75) is 23.8 Å². The van der Waals surface area contributed by atoms with Crippen molar-refractivity contribution in [3.63, 3.8) is 0 Å². The molecule has 148 valence electrons. The van der Waals surface area contributed by atoms with E-state index in [1.165, 1.54) is 6.08 Å². The molecule has 0 radical (unpaired) electrons. The number of amides is 1. The van der Waals surface area contributed by atoms with Crippen LogP contribution in [0.1, 0.15) is 16.7 Å². The van der Waals surface area contributed by atoms with Crippen LogP contribution < -0.4 is 16.0 Å². The summed E-state index contributed by atoms with van der Waals surface area (Å²) in [5.74, 6) is -0.429. The average molecular weight is 457 g/mol. The SMILES string of the molecule is Cc1ccc(NC(=S)NC(NC(=O)C=Cc2ccccc2)C(Cl)(Cl)Cl)c(C)c1. The zero-order valence-corrected chi connectivity index (χ0v) is 18.4. The van der Waals surface area contributed by atoms with Crippen LogP contribution >= 0.6 is 47.0 Å². The highest BCUT2D eigenvalue weighted by Gasteiger charge is 2.34. The predicted octanol–water partition coefficient (Wildman–Crippen LogP) is 5.12. The van der Waals surface area contributed by atoms with Crippen LogP contribution in [0.25, 0.3) is 6.08 Å². The molecule has 0 fully saturated rings. The third-order valence-electron chi connectivity index (χ3n) is 3.75. The predicted molar refractivity (Wildman–Crippen MR) is 123 cm³/mol. The van der Waals surface area contributed by atoms with Crippen LogP contribution in [0.2, 0.25) is 0 Å². The van der Waals surface area contributed by atoms with Gasteiger partial charge in [-0.3, -0.25) is 4.79 Å². The Hall–Kier alpha value is -1.79. The number of halogens is 3. The number of hydrogen-bond acceptors (Lipinski definition) is 2. The van der Waals surface area contributed by atoms with Gasteiger partial charge in [0.15, 0.2) is 5.11 Å². The summed E-state index contributed by atoms with van der Waals surface area (Å²) in [7, 11) is 0. The Labute approximate surface area is 185 Å². The second-order valence-corrected chi connectivity index (χ2v) is 8.92. The van der Waals surface area contributed by atoms with Crippen LogP contribution in [0.3, 0.4) is 0 Å². The molecule has 0 heterocycles. The summed E-state index contributed by atoms with van der Waals surface area (Å²) in [4.78, 5) is 12.2. The molecule has 2 aromatic carbocycles. The molecule has 3 N–H and O–H groups in total. The molecule has 0 aromatic heterocycles. The molecule has 0 spiro atoms. The van der Waals surface area contributed by atoms with E-state index in [4.69, 9.17) is 47.0 Å². The number of carbonyl (C=O) groups is 1. The molecule has 0 saturated heterocycles. The summed E-state index contributed by atoms with van der Waals surface area (Å²) in [6, 6.07) is 15.3. The van der Waals surface area contributed by atoms with Crippen LogP contribution in [0.5, 0.6) is 0 Å². The summed E-state index contributed by atoms with van der Waals surface area (Å²) in [6.45, 7) is 3.96. The smallest absolute Gasteiger partial charge is 0.245 e. The summed E-state index contributed by atoms with van der Waals surface area (Å²) in [6.07, 6.45) is 1.99. The van der Waals surface area contributed by atoms with Gasteiger partial charge in [-0.05, 0) is 49.3 Å². The van der Waals surface area contributed by atoms with E-state index in [1.807, 2.05) is 62.4 Å². The monoisotopic (exact) mass is 455 g/mol. The summed E-state index contributed by atoms with van der Waals surface area (Å²) >= 11 is 23.3. The minimum atomic E-state index is -1.82. The number of hydrogen-bond donors (Lipinski definition) is 3. The van der Waals surface area contributed by atoms with E-state index < -0.39 is 15.9 Å². The number of anilines is 1. The third kappa shape index (κ3) is 7.32. The molecule has 0 bridgehead atoms. The van der Waals surface area contributed by atoms with E-state index in [0.29, 0.717) is 0 Å². The molecule has 1 unspecified atom stereocenters. The van der Waals surface area contributed by atoms with Gasteiger partial charge in [-0.2, -0.15) is 0 Å². The van der Waals surface area contributed by atoms with Gasteiger partial charge in [0.25, 0.3) is 0 Å². The first-order valence-electron chi connectivity index (χ1n) is 8.40. The van der Waals surface area contributed by atoms with E-state index >= 15 is 0 Å². The zero-order chi connectivity index (χ0) is 20.7. The Morgan fingerprint density at radius 3 is 2.36 bits per heavy atom. The number of aryl methyl sites for hydroxylation is 2. The number of carbonyl (C=O) groups excluding carboxylic acids is 1. The van der Waals surface area contributed by atoms with Crippen molar-refractivity contribution in [2.75, 3.05) is 5.32 Å². The fourth-order valence-corrected chi connectivity index (χ4v) is 2.92. The molecule has 8 heteroatoms. The highest BCUT2D eigenvalue weighted by molar-refractivity contribution is 7.80. The van der Waals surface area contributed by atoms with Gasteiger partial charge in [-0.25, -0.2) is 0 Å². The highest BCUT2D eigenvalue weighted by Crippen LogP contribution is 2.29. The second-order valence-electron chi connectivity index (χ2n) is 6.14. The van der Waals surface area contributed by atoms with E-state index in [9.17, 15) is 4.79 Å². The molecule has 1 amide bonds. The molecular weight excluding hydrogens is 437 g/mol. The zero-order valence-electron chi connectivity index (χ0n) is 15.3. The quantitative estimate of drug-likeness (QED) is 0.253. The lowest BCUT2D eigenvalue weighted by Gasteiger charge is -2.27. The minimum absolute atomic E-state index is 0.218. The molecule has 28 heavy (non-hydrogen) atoms. The first-order chi connectivity index (χ1) is 13.1. The second kappa shape index (κ2) is 10.1. The maximum Gasteiger partial charge on any atom is 0.245 e. The lowest BCUT2D eigenvalue weighted by molar-refractivity contribution is -0.117. The van der Waals surface area contributed by atoms with Gasteiger partial charge in [0, 0.05) is 11.8 Å². The summed E-state index contributed by atoms with van der Waals surface area (Å²) < 4.78 is -1.82. The normalized spacial score (nSPS) is 12.5. The fraction of sp³-hybridized carbons (Fsp3) is 0.200. The van der Waals surface area contributed by atoms with E-state index in [-0.39, 0.29) is 5.11 Å². The Morgan fingerprint density at radius 2 is 1.75 bits per heavy atom. The lowest BCUT2D eigenvalue weighted by Crippen LogP contribution is -2.55. The van der Waals surface area contributed by atoms with Crippen molar-refractivity contribution in [1.29, 1.82) is 0 Å². The van der Waals surface area contributed by atoms with Crippen molar-refractivity contribution >= 4 is 69.8 Å². The third-order valence-corrected chi connectivity index (χ3v) is 4.62. The van der Waals surface area contributed by atoms with Crippen LogP contribution in [0.4, 0.5) is 5.69 Å². The topological polar surface area (TPSA) is 53.2 Å². The molecule has 0 aliphatic heterocycles. The fourth-order valence-electron chi connectivity index (χ4n) is 2.37. The molecule has 1 atom stereocenters. The lowest BCUT2D eigenvalue weighted by atomic mass is 10.1. The Kier molecular flexibility index (Phi) is 8.13. The first kappa shape index (κ1) is 22.5. The van der Waals surface area contributed by atoms with Crippen LogP contribution in [-0.2, 0) is 4.79 Å². The van der Waals surface area contributed by atoms with Gasteiger partial charge in [0.05, 0.1) is 0 Å². The molecule has 0 aliphatic rings. The van der Waals surface area contributed by atoms with Gasteiger partial charge in [0.1, 0.15) is 6.17 Å². The van der Waals surface area contributed by atoms with Crippen LogP contribution in [0.15, 0.2) is 54.6 Å². The van der Waals surface area contributed by atoms with E-state index in [1.54, 1.807) is 6.08 Å². The summed E-state index contributed by atoms with van der Waals surface area (Å²) in [5.41, 5.74) is 3.85. The first-order valence-corrected chi connectivity index (χ1v) is 9.94.